The van der Waals surface area contributed by atoms with Crippen LogP contribution >= 0.6 is 0 Å². The maximum Gasteiger partial charge on any atom is 0.324 e. The van der Waals surface area contributed by atoms with Gasteiger partial charge in [0.05, 0.1) is 13.2 Å². The van der Waals surface area contributed by atoms with Gasteiger partial charge in [0.25, 0.3) is 0 Å². The van der Waals surface area contributed by atoms with Gasteiger partial charge in [0.1, 0.15) is 6.04 Å². The Labute approximate surface area is 136 Å². The van der Waals surface area contributed by atoms with Gasteiger partial charge in [-0.1, -0.05) is 0 Å². The van der Waals surface area contributed by atoms with Gasteiger partial charge in [-0.15, -0.1) is 0 Å². The lowest BCUT2D eigenvalue weighted by molar-refractivity contribution is -0.144. The van der Waals surface area contributed by atoms with Crippen LogP contribution in [0.4, 0.5) is 5.69 Å². The monoisotopic (exact) mass is 320 g/mol. The molecule has 1 saturated heterocycles. The van der Waals surface area contributed by atoms with Crippen molar-refractivity contribution in [1.82, 2.24) is 10.3 Å². The van der Waals surface area contributed by atoms with E-state index in [0.29, 0.717) is 5.69 Å². The van der Waals surface area contributed by atoms with Crippen molar-refractivity contribution in [2.75, 3.05) is 31.1 Å². The highest BCUT2D eigenvalue weighted by molar-refractivity contribution is 5.96. The van der Waals surface area contributed by atoms with Gasteiger partial charge < -0.3 is 20.7 Å². The third kappa shape index (κ3) is 4.74. The summed E-state index contributed by atoms with van der Waals surface area (Å²) in [7, 11) is 0. The predicted molar refractivity (Wildman–Crippen MR) is 86.8 cm³/mol. The topological polar surface area (TPSA) is 97.5 Å². The second-order valence-corrected chi connectivity index (χ2v) is 5.54. The maximum absolute atomic E-state index is 12.9. The summed E-state index contributed by atoms with van der Waals surface area (Å²) in [5.74, 6) is -0.555. The molecule has 1 fully saturated rings. The minimum Gasteiger partial charge on any atom is -0.465 e. The first kappa shape index (κ1) is 17.4. The van der Waals surface area contributed by atoms with Gasteiger partial charge in [-0.3, -0.25) is 14.6 Å². The SMILES string of the molecule is CCOC(=O)C(N)CN(C(=O)C1CCNCC1)c1ccncc1. The van der Waals surface area contributed by atoms with Crippen LogP contribution < -0.4 is 16.0 Å². The fourth-order valence-corrected chi connectivity index (χ4v) is 2.66. The molecule has 0 bridgehead atoms. The molecule has 0 spiro atoms. The molecule has 2 heterocycles. The number of ether oxygens (including phenoxy) is 1. The first-order valence-corrected chi connectivity index (χ1v) is 7.97. The van der Waals surface area contributed by atoms with E-state index in [0.717, 1.165) is 25.9 Å². The second kappa shape index (κ2) is 8.59. The van der Waals surface area contributed by atoms with Crippen LogP contribution in [0.25, 0.3) is 0 Å². The average molecular weight is 320 g/mol. The lowest BCUT2D eigenvalue weighted by atomic mass is 9.96. The van der Waals surface area contributed by atoms with Crippen LogP contribution in [-0.4, -0.2) is 49.1 Å². The normalized spacial score (nSPS) is 16.6. The summed E-state index contributed by atoms with van der Waals surface area (Å²) in [4.78, 5) is 30.2. The molecule has 0 aliphatic carbocycles. The van der Waals surface area contributed by atoms with Gasteiger partial charge in [-0.2, -0.15) is 0 Å². The number of hydrogen-bond donors (Lipinski definition) is 2. The summed E-state index contributed by atoms with van der Waals surface area (Å²) in [5.41, 5.74) is 6.61. The lowest BCUT2D eigenvalue weighted by Crippen LogP contribution is -2.49. The predicted octanol–water partition coefficient (Wildman–Crippen LogP) is 0.305. The molecule has 126 valence electrons. The largest absolute Gasteiger partial charge is 0.465 e. The van der Waals surface area contributed by atoms with Crippen LogP contribution in [0.1, 0.15) is 19.8 Å². The molecule has 1 atom stereocenters. The number of carbonyl (C=O) groups excluding carboxylic acids is 2. The molecule has 7 nitrogen and oxygen atoms in total. The van der Waals surface area contributed by atoms with E-state index in [4.69, 9.17) is 10.5 Å². The molecule has 1 unspecified atom stereocenters. The highest BCUT2D eigenvalue weighted by Crippen LogP contribution is 2.21. The van der Waals surface area contributed by atoms with Crippen LogP contribution in [0.2, 0.25) is 0 Å². The van der Waals surface area contributed by atoms with E-state index < -0.39 is 12.0 Å². The average Bonchev–Trinajstić information content (AvgIpc) is 2.60. The molecule has 1 amide bonds. The highest BCUT2D eigenvalue weighted by Gasteiger charge is 2.29. The number of esters is 1. The van der Waals surface area contributed by atoms with Crippen LogP contribution in [0.15, 0.2) is 24.5 Å². The van der Waals surface area contributed by atoms with E-state index in [1.807, 2.05) is 0 Å². The molecule has 7 heteroatoms. The quantitative estimate of drug-likeness (QED) is 0.732. The summed E-state index contributed by atoms with van der Waals surface area (Å²) >= 11 is 0. The zero-order valence-electron chi connectivity index (χ0n) is 13.4. The van der Waals surface area contributed by atoms with Crippen LogP contribution in [-0.2, 0) is 14.3 Å². The smallest absolute Gasteiger partial charge is 0.324 e. The van der Waals surface area contributed by atoms with Gasteiger partial charge >= 0.3 is 5.97 Å². The maximum atomic E-state index is 12.9. The number of nitrogens with zero attached hydrogens (tertiary/aromatic N) is 2. The van der Waals surface area contributed by atoms with Gasteiger partial charge in [0.2, 0.25) is 5.91 Å². The minimum atomic E-state index is -0.867. The number of rotatable bonds is 6. The molecule has 0 saturated carbocycles. The van der Waals surface area contributed by atoms with Crippen molar-refractivity contribution in [2.45, 2.75) is 25.8 Å². The van der Waals surface area contributed by atoms with E-state index >= 15 is 0 Å². The molecule has 23 heavy (non-hydrogen) atoms. The van der Waals surface area contributed by atoms with Crippen LogP contribution in [0, 0.1) is 5.92 Å². The Bertz CT molecular complexity index is 517. The van der Waals surface area contributed by atoms with Crippen molar-refractivity contribution in [3.05, 3.63) is 24.5 Å². The number of piperidine rings is 1. The van der Waals surface area contributed by atoms with E-state index in [1.165, 1.54) is 0 Å². The third-order valence-corrected chi connectivity index (χ3v) is 3.90. The number of pyridine rings is 1. The van der Waals surface area contributed by atoms with Crippen molar-refractivity contribution in [3.8, 4) is 0 Å². The lowest BCUT2D eigenvalue weighted by Gasteiger charge is -2.31. The Morgan fingerprint density at radius 1 is 1.39 bits per heavy atom. The Kier molecular flexibility index (Phi) is 6.49. The summed E-state index contributed by atoms with van der Waals surface area (Å²) < 4.78 is 4.94. The number of nitrogens with one attached hydrogen (secondary N) is 1. The molecular formula is C16H24N4O3. The summed E-state index contributed by atoms with van der Waals surface area (Å²) in [5, 5.41) is 3.24. The molecule has 1 aromatic rings. The van der Waals surface area contributed by atoms with Gasteiger partial charge in [0.15, 0.2) is 0 Å². The van der Waals surface area contributed by atoms with Crippen molar-refractivity contribution in [3.63, 3.8) is 0 Å². The molecule has 1 aromatic heterocycles. The summed E-state index contributed by atoms with van der Waals surface area (Å²) in [6, 6.07) is 2.63. The van der Waals surface area contributed by atoms with Gasteiger partial charge in [-0.05, 0) is 45.0 Å². The number of carbonyl (C=O) groups is 2. The Balaban J connectivity index is 2.14. The van der Waals surface area contributed by atoms with Gasteiger partial charge in [-0.25, -0.2) is 0 Å². The van der Waals surface area contributed by atoms with E-state index in [2.05, 4.69) is 10.3 Å². The molecular weight excluding hydrogens is 296 g/mol. The van der Waals surface area contributed by atoms with E-state index in [-0.39, 0.29) is 25.0 Å². The number of hydrogen-bond acceptors (Lipinski definition) is 6. The fraction of sp³-hybridized carbons (Fsp3) is 0.562. The Morgan fingerprint density at radius 3 is 2.65 bits per heavy atom. The highest BCUT2D eigenvalue weighted by atomic mass is 16.5. The first-order chi connectivity index (χ1) is 11.1. The van der Waals surface area contributed by atoms with Crippen molar-refractivity contribution in [2.24, 2.45) is 11.7 Å². The molecule has 1 aliphatic rings. The molecule has 0 aromatic carbocycles. The minimum absolute atomic E-state index is 0.00236. The summed E-state index contributed by atoms with van der Waals surface area (Å²) in [6.45, 7) is 3.75. The molecule has 2 rings (SSSR count). The number of nitrogens with two attached hydrogens (primary N) is 1. The Morgan fingerprint density at radius 2 is 2.04 bits per heavy atom. The van der Waals surface area contributed by atoms with Crippen molar-refractivity contribution < 1.29 is 14.3 Å². The Hall–Kier alpha value is -1.99. The molecule has 1 aliphatic heterocycles. The zero-order chi connectivity index (χ0) is 16.7. The van der Waals surface area contributed by atoms with Gasteiger partial charge in [0, 0.05) is 24.0 Å². The number of amides is 1. The second-order valence-electron chi connectivity index (χ2n) is 5.54. The van der Waals surface area contributed by atoms with Crippen LogP contribution in [0.5, 0.6) is 0 Å². The first-order valence-electron chi connectivity index (χ1n) is 7.97. The number of aromatic nitrogens is 1. The fourth-order valence-electron chi connectivity index (χ4n) is 2.66. The molecule has 3 N–H and O–H groups in total. The van der Waals surface area contributed by atoms with Crippen molar-refractivity contribution >= 4 is 17.6 Å². The third-order valence-electron chi connectivity index (χ3n) is 3.90. The van der Waals surface area contributed by atoms with Crippen molar-refractivity contribution in [1.29, 1.82) is 0 Å². The zero-order valence-corrected chi connectivity index (χ0v) is 13.4. The standard InChI is InChI=1S/C16H24N4O3/c1-2-23-16(22)14(17)11-20(13-5-9-19-10-6-13)15(21)12-3-7-18-8-4-12/h5-6,9-10,12,14,18H,2-4,7-8,11,17H2,1H3. The van der Waals surface area contributed by atoms with Crippen LogP contribution in [0.3, 0.4) is 0 Å². The van der Waals surface area contributed by atoms with E-state index in [1.54, 1.807) is 36.4 Å². The molecule has 0 radical (unpaired) electrons. The number of anilines is 1. The van der Waals surface area contributed by atoms with E-state index in [9.17, 15) is 9.59 Å². The summed E-state index contributed by atoms with van der Waals surface area (Å²) in [6.07, 6.45) is 4.81.